The molecule has 2 rings (SSSR count). The van der Waals surface area contributed by atoms with E-state index in [-0.39, 0.29) is 12.1 Å². The van der Waals surface area contributed by atoms with E-state index in [0.717, 1.165) is 17.7 Å². The van der Waals surface area contributed by atoms with Gasteiger partial charge in [-0.3, -0.25) is 0 Å². The Kier molecular flexibility index (Phi) is 4.33. The maximum atomic E-state index is 12.0. The first kappa shape index (κ1) is 13.5. The van der Waals surface area contributed by atoms with Crippen LogP contribution in [-0.4, -0.2) is 12.1 Å². The van der Waals surface area contributed by atoms with Crippen molar-refractivity contribution >= 4 is 18.6 Å². The first-order valence-corrected chi connectivity index (χ1v) is 6.99. The van der Waals surface area contributed by atoms with Crippen molar-refractivity contribution in [1.82, 2.24) is 0 Å². The molecular weight excluding hydrogens is 244 g/mol. The van der Waals surface area contributed by atoms with Crippen molar-refractivity contribution in [2.75, 3.05) is 0 Å². The van der Waals surface area contributed by atoms with Crippen LogP contribution in [0.4, 0.5) is 0 Å². The van der Waals surface area contributed by atoms with E-state index < -0.39 is 0 Å². The third-order valence-electron chi connectivity index (χ3n) is 3.51. The fourth-order valence-electron chi connectivity index (χ4n) is 2.79. The molecule has 1 aliphatic rings. The number of rotatable bonds is 2. The quantitative estimate of drug-likeness (QED) is 0.646. The number of hydrogen-bond donors (Lipinski definition) is 1. The van der Waals surface area contributed by atoms with Gasteiger partial charge in [0.2, 0.25) is 0 Å². The predicted molar refractivity (Wildman–Crippen MR) is 75.1 cm³/mol. The SMILES string of the molecule is CC1CC(C)CC(OC(=O)c2ccc(S)cc2)C1. The number of ether oxygens (including phenoxy) is 1. The van der Waals surface area contributed by atoms with Crippen molar-refractivity contribution in [3.63, 3.8) is 0 Å². The van der Waals surface area contributed by atoms with Gasteiger partial charge in [-0.25, -0.2) is 4.79 Å². The second-order valence-corrected chi connectivity index (χ2v) is 6.01. The summed E-state index contributed by atoms with van der Waals surface area (Å²) in [6, 6.07) is 7.15. The Bertz CT molecular complexity index is 403. The summed E-state index contributed by atoms with van der Waals surface area (Å²) < 4.78 is 5.59. The Hall–Kier alpha value is -0.960. The molecule has 1 saturated carbocycles. The monoisotopic (exact) mass is 264 g/mol. The zero-order chi connectivity index (χ0) is 13.1. The van der Waals surface area contributed by atoms with Gasteiger partial charge in [0.25, 0.3) is 0 Å². The van der Waals surface area contributed by atoms with Crippen molar-refractivity contribution in [2.45, 2.75) is 44.1 Å². The predicted octanol–water partition coefficient (Wildman–Crippen LogP) is 3.96. The summed E-state index contributed by atoms with van der Waals surface area (Å²) in [4.78, 5) is 12.8. The van der Waals surface area contributed by atoms with Gasteiger partial charge in [0, 0.05) is 4.90 Å². The highest BCUT2D eigenvalue weighted by molar-refractivity contribution is 7.80. The number of benzene rings is 1. The lowest BCUT2D eigenvalue weighted by atomic mass is 9.82. The van der Waals surface area contributed by atoms with Crippen LogP contribution in [0.1, 0.15) is 43.5 Å². The molecule has 3 heteroatoms. The molecule has 0 spiro atoms. The second-order valence-electron chi connectivity index (χ2n) is 5.49. The van der Waals surface area contributed by atoms with Crippen LogP contribution in [0.25, 0.3) is 0 Å². The summed E-state index contributed by atoms with van der Waals surface area (Å²) in [5.74, 6) is 1.08. The van der Waals surface area contributed by atoms with Crippen LogP contribution in [0.2, 0.25) is 0 Å². The molecule has 0 heterocycles. The maximum Gasteiger partial charge on any atom is 0.338 e. The molecule has 0 aliphatic heterocycles. The Morgan fingerprint density at radius 1 is 1.11 bits per heavy atom. The summed E-state index contributed by atoms with van der Waals surface area (Å²) in [5.41, 5.74) is 0.610. The largest absolute Gasteiger partial charge is 0.459 e. The van der Waals surface area contributed by atoms with Crippen LogP contribution < -0.4 is 0 Å². The van der Waals surface area contributed by atoms with Gasteiger partial charge in [0.1, 0.15) is 6.10 Å². The van der Waals surface area contributed by atoms with Crippen molar-refractivity contribution in [3.05, 3.63) is 29.8 Å². The summed E-state index contributed by atoms with van der Waals surface area (Å²) in [5, 5.41) is 0. The van der Waals surface area contributed by atoms with E-state index in [1.54, 1.807) is 12.1 Å². The van der Waals surface area contributed by atoms with Crippen molar-refractivity contribution < 1.29 is 9.53 Å². The topological polar surface area (TPSA) is 26.3 Å². The van der Waals surface area contributed by atoms with Crippen molar-refractivity contribution in [2.24, 2.45) is 11.8 Å². The van der Waals surface area contributed by atoms with Crippen molar-refractivity contribution in [3.8, 4) is 0 Å². The molecule has 2 unspecified atom stereocenters. The van der Waals surface area contributed by atoms with Gasteiger partial charge in [0.15, 0.2) is 0 Å². The zero-order valence-electron chi connectivity index (χ0n) is 10.9. The molecule has 0 radical (unpaired) electrons. The number of carbonyl (C=O) groups excluding carboxylic acids is 1. The average Bonchev–Trinajstić information content (AvgIpc) is 2.28. The second kappa shape index (κ2) is 5.79. The van der Waals surface area contributed by atoms with Crippen LogP contribution in [0.15, 0.2) is 29.2 Å². The molecule has 2 nitrogen and oxygen atoms in total. The summed E-state index contributed by atoms with van der Waals surface area (Å²) in [6.07, 6.45) is 3.29. The van der Waals surface area contributed by atoms with Gasteiger partial charge >= 0.3 is 5.97 Å². The Labute approximate surface area is 114 Å². The highest BCUT2D eigenvalue weighted by atomic mass is 32.1. The molecule has 0 bridgehead atoms. The Morgan fingerprint density at radius 3 is 2.22 bits per heavy atom. The molecule has 1 aromatic carbocycles. The zero-order valence-corrected chi connectivity index (χ0v) is 11.8. The van der Waals surface area contributed by atoms with E-state index >= 15 is 0 Å². The molecule has 0 amide bonds. The van der Waals surface area contributed by atoms with Gasteiger partial charge < -0.3 is 4.74 Å². The van der Waals surface area contributed by atoms with Gasteiger partial charge in [0.05, 0.1) is 5.56 Å². The van der Waals surface area contributed by atoms with Gasteiger partial charge in [-0.1, -0.05) is 13.8 Å². The van der Waals surface area contributed by atoms with Crippen LogP contribution in [0.5, 0.6) is 0 Å². The Balaban J connectivity index is 1.96. The van der Waals surface area contributed by atoms with Gasteiger partial charge in [-0.15, -0.1) is 12.6 Å². The van der Waals surface area contributed by atoms with Crippen LogP contribution in [0.3, 0.4) is 0 Å². The molecule has 98 valence electrons. The maximum absolute atomic E-state index is 12.0. The smallest absolute Gasteiger partial charge is 0.338 e. The molecular formula is C15H20O2S. The minimum atomic E-state index is -0.213. The van der Waals surface area contributed by atoms with E-state index in [2.05, 4.69) is 26.5 Å². The fraction of sp³-hybridized carbons (Fsp3) is 0.533. The van der Waals surface area contributed by atoms with Crippen LogP contribution in [0, 0.1) is 11.8 Å². The fourth-order valence-corrected chi connectivity index (χ4v) is 2.94. The van der Waals surface area contributed by atoms with E-state index in [4.69, 9.17) is 4.74 Å². The highest BCUT2D eigenvalue weighted by Gasteiger charge is 2.26. The van der Waals surface area contributed by atoms with E-state index in [0.29, 0.717) is 17.4 Å². The summed E-state index contributed by atoms with van der Waals surface area (Å²) in [7, 11) is 0. The molecule has 1 aromatic rings. The highest BCUT2D eigenvalue weighted by Crippen LogP contribution is 2.30. The van der Waals surface area contributed by atoms with E-state index in [1.807, 2.05) is 12.1 Å². The van der Waals surface area contributed by atoms with Crippen LogP contribution in [-0.2, 0) is 4.74 Å². The summed E-state index contributed by atoms with van der Waals surface area (Å²) in [6.45, 7) is 4.46. The van der Waals surface area contributed by atoms with E-state index in [9.17, 15) is 4.79 Å². The minimum absolute atomic E-state index is 0.0759. The molecule has 0 aromatic heterocycles. The summed E-state index contributed by atoms with van der Waals surface area (Å²) >= 11 is 4.20. The molecule has 1 fully saturated rings. The third-order valence-corrected chi connectivity index (χ3v) is 3.81. The Morgan fingerprint density at radius 2 is 1.67 bits per heavy atom. The standard InChI is InChI=1S/C15H20O2S/c1-10-7-11(2)9-13(8-10)17-15(16)12-3-5-14(18)6-4-12/h3-6,10-11,13,18H,7-9H2,1-2H3. The molecule has 0 N–H and O–H groups in total. The van der Waals surface area contributed by atoms with Crippen molar-refractivity contribution in [1.29, 1.82) is 0 Å². The number of esters is 1. The number of thiol groups is 1. The minimum Gasteiger partial charge on any atom is -0.459 e. The lowest BCUT2D eigenvalue weighted by Crippen LogP contribution is -2.28. The third kappa shape index (κ3) is 3.52. The molecule has 18 heavy (non-hydrogen) atoms. The molecule has 2 atom stereocenters. The van der Waals surface area contributed by atoms with Gasteiger partial charge in [-0.2, -0.15) is 0 Å². The van der Waals surface area contributed by atoms with E-state index in [1.165, 1.54) is 6.42 Å². The number of hydrogen-bond acceptors (Lipinski definition) is 3. The first-order chi connectivity index (χ1) is 8.54. The number of carbonyl (C=O) groups is 1. The first-order valence-electron chi connectivity index (χ1n) is 6.54. The van der Waals surface area contributed by atoms with Gasteiger partial charge in [-0.05, 0) is 55.4 Å². The normalized spacial score (nSPS) is 27.8. The molecule has 0 saturated heterocycles. The lowest BCUT2D eigenvalue weighted by Gasteiger charge is -2.31. The molecule has 1 aliphatic carbocycles. The van der Waals surface area contributed by atoms with Crippen LogP contribution >= 0.6 is 12.6 Å². The average molecular weight is 264 g/mol. The lowest BCUT2D eigenvalue weighted by molar-refractivity contribution is 0.00805.